The van der Waals surface area contributed by atoms with Gasteiger partial charge in [0.1, 0.15) is 24.1 Å². The normalized spacial score (nSPS) is 27.8. The molecule has 15 heteroatoms. The molecule has 37 heavy (non-hydrogen) atoms. The van der Waals surface area contributed by atoms with E-state index in [-0.39, 0.29) is 23.3 Å². The van der Waals surface area contributed by atoms with Crippen molar-refractivity contribution >= 4 is 11.6 Å². The zero-order chi connectivity index (χ0) is 26.3. The summed E-state index contributed by atoms with van der Waals surface area (Å²) >= 11 is 5.95. The van der Waals surface area contributed by atoms with E-state index >= 15 is 0 Å². The molecule has 1 N–H and O–H groups in total. The number of rotatable bonds is 4. The van der Waals surface area contributed by atoms with Gasteiger partial charge in [-0.2, -0.15) is 18.3 Å². The van der Waals surface area contributed by atoms with Gasteiger partial charge in [-0.3, -0.25) is 0 Å². The molecule has 0 spiro atoms. The number of aromatic nitrogens is 4. The number of aliphatic hydroxyl groups excluding tert-OH is 1. The number of azide groups is 1. The van der Waals surface area contributed by atoms with Crippen molar-refractivity contribution in [2.24, 2.45) is 5.11 Å². The maximum Gasteiger partial charge on any atom is 0.435 e. The summed E-state index contributed by atoms with van der Waals surface area (Å²) in [6.07, 6.45) is -9.41. The summed E-state index contributed by atoms with van der Waals surface area (Å²) in [6, 6.07) is 8.88. The molecule has 2 aromatic heterocycles. The molecule has 11 nitrogen and oxygen atoms in total. The lowest BCUT2D eigenvalue weighted by molar-refractivity contribution is -0.309. The molecule has 0 radical (unpaired) electrons. The molecule has 2 aliphatic rings. The summed E-state index contributed by atoms with van der Waals surface area (Å²) in [5, 5.41) is 19.0. The fourth-order valence-electron chi connectivity index (χ4n) is 4.40. The van der Waals surface area contributed by atoms with E-state index in [4.69, 9.17) is 25.8 Å². The molecule has 2 fully saturated rings. The van der Waals surface area contributed by atoms with Crippen molar-refractivity contribution < 1.29 is 32.5 Å². The minimum Gasteiger partial charge on any atom is -0.389 e. The first kappa shape index (κ1) is 25.4. The van der Waals surface area contributed by atoms with Crippen LogP contribution in [0, 0.1) is 6.92 Å². The Balaban J connectivity index is 1.53. The molecule has 2 saturated heterocycles. The third kappa shape index (κ3) is 4.87. The van der Waals surface area contributed by atoms with E-state index in [1.54, 1.807) is 24.3 Å². The van der Waals surface area contributed by atoms with E-state index < -0.39 is 54.3 Å². The van der Waals surface area contributed by atoms with Crippen molar-refractivity contribution in [1.82, 2.24) is 19.7 Å². The smallest absolute Gasteiger partial charge is 0.389 e. The summed E-state index contributed by atoms with van der Waals surface area (Å²) < 4.78 is 60.0. The van der Waals surface area contributed by atoms with Crippen LogP contribution in [0.1, 0.15) is 35.3 Å². The summed E-state index contributed by atoms with van der Waals surface area (Å²) in [5.74, 6) is -0.0667. The number of benzene rings is 1. The average molecular weight is 538 g/mol. The number of alkyl halides is 3. The second-order valence-electron chi connectivity index (χ2n) is 8.41. The lowest BCUT2D eigenvalue weighted by Crippen LogP contribution is -2.58. The molecule has 1 aromatic carbocycles. The highest BCUT2D eigenvalue weighted by molar-refractivity contribution is 6.30. The maximum absolute atomic E-state index is 13.7. The van der Waals surface area contributed by atoms with Gasteiger partial charge in [-0.25, -0.2) is 14.6 Å². The Morgan fingerprint density at radius 2 is 2.00 bits per heavy atom. The van der Waals surface area contributed by atoms with E-state index in [1.165, 1.54) is 6.92 Å². The van der Waals surface area contributed by atoms with Gasteiger partial charge in [0, 0.05) is 16.7 Å². The molecule has 0 saturated carbocycles. The SMILES string of the molecule is Cc1nc([C@@H]2OC3COC(c4ccccc4)O[C@@H]3C(N=[N+]=[N-])C2O)n(-c2cc(Cl)cnc2C(F)(F)F)n1. The number of pyridine rings is 1. The first-order chi connectivity index (χ1) is 17.7. The Bertz CT molecular complexity index is 1340. The molecular formula is C22H19ClF3N7O4. The summed E-state index contributed by atoms with van der Waals surface area (Å²) in [5.41, 5.74) is 8.14. The van der Waals surface area contributed by atoms with Gasteiger partial charge in [-0.1, -0.05) is 47.0 Å². The van der Waals surface area contributed by atoms with E-state index in [2.05, 4.69) is 25.1 Å². The molecule has 6 atom stereocenters. The fourth-order valence-corrected chi connectivity index (χ4v) is 4.55. The van der Waals surface area contributed by atoms with Crippen molar-refractivity contribution in [2.75, 3.05) is 6.61 Å². The Morgan fingerprint density at radius 1 is 1.24 bits per heavy atom. The number of halogens is 4. The minimum absolute atomic E-state index is 0.00939. The zero-order valence-corrected chi connectivity index (χ0v) is 19.8. The van der Waals surface area contributed by atoms with Crippen LogP contribution >= 0.6 is 11.6 Å². The summed E-state index contributed by atoms with van der Waals surface area (Å²) in [7, 11) is 0. The molecule has 3 aromatic rings. The van der Waals surface area contributed by atoms with Gasteiger partial charge in [-0.15, -0.1) is 0 Å². The number of hydrogen-bond acceptors (Lipinski definition) is 8. The van der Waals surface area contributed by atoms with Gasteiger partial charge in [0.25, 0.3) is 0 Å². The molecular weight excluding hydrogens is 519 g/mol. The molecule has 0 bridgehead atoms. The number of aliphatic hydroxyl groups is 1. The van der Waals surface area contributed by atoms with E-state index in [9.17, 15) is 23.8 Å². The summed E-state index contributed by atoms with van der Waals surface area (Å²) in [6.45, 7) is 1.45. The van der Waals surface area contributed by atoms with E-state index in [1.807, 2.05) is 6.07 Å². The quantitative estimate of drug-likeness (QED) is 0.298. The number of hydrogen-bond donors (Lipinski definition) is 1. The van der Waals surface area contributed by atoms with Gasteiger partial charge >= 0.3 is 6.18 Å². The van der Waals surface area contributed by atoms with Crippen LogP contribution in [0.4, 0.5) is 13.2 Å². The first-order valence-corrected chi connectivity index (χ1v) is 11.4. The number of ether oxygens (including phenoxy) is 3. The standard InChI is InChI=1S/C22H19ClF3N7O4/c1-10-29-20(33(31-10)13-7-12(23)8-28-19(13)22(24,25)26)18-16(34)15(30-32-27)17-14(36-18)9-35-21(37-17)11-5-3-2-4-6-11/h2-8,14-18,21,34H,9H2,1H3/t14?,15?,16?,17-,18+,21?/m0/s1. The van der Waals surface area contributed by atoms with Crippen LogP contribution in [0.3, 0.4) is 0 Å². The highest BCUT2D eigenvalue weighted by Crippen LogP contribution is 2.41. The van der Waals surface area contributed by atoms with E-state index in [0.717, 1.165) is 16.9 Å². The zero-order valence-electron chi connectivity index (χ0n) is 19.0. The monoisotopic (exact) mass is 537 g/mol. The lowest BCUT2D eigenvalue weighted by atomic mass is 9.91. The lowest BCUT2D eigenvalue weighted by Gasteiger charge is -2.46. The molecule has 0 amide bonds. The van der Waals surface area contributed by atoms with Crippen LogP contribution in [-0.2, 0) is 20.4 Å². The van der Waals surface area contributed by atoms with Crippen molar-refractivity contribution in [1.29, 1.82) is 0 Å². The largest absolute Gasteiger partial charge is 0.435 e. The highest BCUT2D eigenvalue weighted by atomic mass is 35.5. The van der Waals surface area contributed by atoms with Crippen LogP contribution in [0.15, 0.2) is 47.7 Å². The van der Waals surface area contributed by atoms with Crippen LogP contribution in [0.5, 0.6) is 0 Å². The third-order valence-electron chi connectivity index (χ3n) is 5.96. The van der Waals surface area contributed by atoms with Gasteiger partial charge in [0.2, 0.25) is 0 Å². The van der Waals surface area contributed by atoms with Crippen LogP contribution < -0.4 is 0 Å². The predicted molar refractivity (Wildman–Crippen MR) is 120 cm³/mol. The van der Waals surface area contributed by atoms with Crippen LogP contribution in [0.25, 0.3) is 16.1 Å². The maximum atomic E-state index is 13.7. The van der Waals surface area contributed by atoms with Crippen molar-refractivity contribution in [2.45, 2.75) is 49.8 Å². The van der Waals surface area contributed by atoms with Gasteiger partial charge in [-0.05, 0) is 18.5 Å². The Kier molecular flexibility index (Phi) is 6.79. The number of nitrogens with zero attached hydrogens (tertiary/aromatic N) is 7. The first-order valence-electron chi connectivity index (χ1n) is 11.0. The molecule has 4 unspecified atom stereocenters. The van der Waals surface area contributed by atoms with Crippen LogP contribution in [-0.4, -0.2) is 55.8 Å². The van der Waals surface area contributed by atoms with Crippen molar-refractivity contribution in [3.8, 4) is 5.69 Å². The number of aryl methyl sites for hydroxylation is 1. The number of fused-ring (bicyclic) bond motifs is 1. The fraction of sp³-hybridized carbons (Fsp3) is 0.409. The molecule has 194 valence electrons. The minimum atomic E-state index is -4.83. The van der Waals surface area contributed by atoms with Crippen molar-refractivity contribution in [3.63, 3.8) is 0 Å². The van der Waals surface area contributed by atoms with Crippen LogP contribution in [0.2, 0.25) is 5.02 Å². The average Bonchev–Trinajstić information content (AvgIpc) is 3.26. The summed E-state index contributed by atoms with van der Waals surface area (Å²) in [4.78, 5) is 10.5. The third-order valence-corrected chi connectivity index (χ3v) is 6.16. The van der Waals surface area contributed by atoms with E-state index in [0.29, 0.717) is 5.56 Å². The van der Waals surface area contributed by atoms with Gasteiger partial charge < -0.3 is 19.3 Å². The second kappa shape index (κ2) is 9.89. The molecule has 2 aliphatic heterocycles. The van der Waals surface area contributed by atoms with Gasteiger partial charge in [0.05, 0.1) is 29.5 Å². The Hall–Kier alpha value is -3.26. The Labute approximate surface area is 212 Å². The second-order valence-corrected chi connectivity index (χ2v) is 8.84. The predicted octanol–water partition coefficient (Wildman–Crippen LogP) is 4.24. The molecule has 5 rings (SSSR count). The molecule has 4 heterocycles. The van der Waals surface area contributed by atoms with Crippen molar-refractivity contribution in [3.05, 3.63) is 81.0 Å². The topological polar surface area (TPSA) is 140 Å². The molecule has 0 aliphatic carbocycles. The van der Waals surface area contributed by atoms with Gasteiger partial charge in [0.15, 0.2) is 17.8 Å². The highest BCUT2D eigenvalue weighted by Gasteiger charge is 2.51. The Morgan fingerprint density at radius 3 is 2.70 bits per heavy atom.